The van der Waals surface area contributed by atoms with Crippen molar-refractivity contribution in [1.29, 1.82) is 0 Å². The molecule has 0 spiro atoms. The minimum absolute atomic E-state index is 0.0245. The van der Waals surface area contributed by atoms with Gasteiger partial charge in [0.1, 0.15) is 5.75 Å². The van der Waals surface area contributed by atoms with E-state index in [1.54, 1.807) is 12.1 Å². The molecule has 2 aromatic carbocycles. The van der Waals surface area contributed by atoms with Gasteiger partial charge < -0.3 is 5.11 Å². The van der Waals surface area contributed by atoms with Crippen LogP contribution in [-0.2, 0) is 0 Å². The van der Waals surface area contributed by atoms with Gasteiger partial charge in [-0.3, -0.25) is 15.5 Å². The molecule has 0 saturated heterocycles. The maximum absolute atomic E-state index is 10.5. The smallest absolute Gasteiger partial charge is 0.269 e. The first kappa shape index (κ1) is 14.5. The van der Waals surface area contributed by atoms with Gasteiger partial charge in [0.25, 0.3) is 5.69 Å². The van der Waals surface area contributed by atoms with Crippen LogP contribution in [0.2, 0.25) is 0 Å². The summed E-state index contributed by atoms with van der Waals surface area (Å²) in [5.74, 6) is 0.190. The van der Waals surface area contributed by atoms with Crippen LogP contribution < -0.4 is 5.43 Å². The van der Waals surface area contributed by atoms with Crippen LogP contribution in [-0.4, -0.2) is 16.2 Å². The van der Waals surface area contributed by atoms with Gasteiger partial charge >= 0.3 is 0 Å². The lowest BCUT2D eigenvalue weighted by Crippen LogP contribution is -1.93. The largest absolute Gasteiger partial charge is 0.507 e. The highest BCUT2D eigenvalue weighted by Crippen LogP contribution is 2.22. The number of anilines is 1. The van der Waals surface area contributed by atoms with Crippen molar-refractivity contribution in [2.75, 3.05) is 5.43 Å². The first-order valence-electron chi connectivity index (χ1n) is 6.31. The SMILES string of the molecule is Cc1cc(C)c(O)c(C=NNc2ccc([N+](=O)[O-])cc2)c1. The van der Waals surface area contributed by atoms with Crippen molar-refractivity contribution in [3.05, 3.63) is 63.2 Å². The van der Waals surface area contributed by atoms with E-state index in [-0.39, 0.29) is 11.4 Å². The number of aryl methyl sites for hydroxylation is 2. The highest BCUT2D eigenvalue weighted by molar-refractivity contribution is 5.85. The van der Waals surface area contributed by atoms with E-state index in [0.29, 0.717) is 11.3 Å². The lowest BCUT2D eigenvalue weighted by atomic mass is 10.1. The molecule has 0 bridgehead atoms. The predicted octanol–water partition coefficient (Wildman–Crippen LogP) is 3.36. The van der Waals surface area contributed by atoms with Gasteiger partial charge in [0, 0.05) is 17.7 Å². The molecule has 0 heterocycles. The number of rotatable bonds is 4. The number of hydrazone groups is 1. The summed E-state index contributed by atoms with van der Waals surface area (Å²) < 4.78 is 0. The van der Waals surface area contributed by atoms with Crippen LogP contribution in [0.4, 0.5) is 11.4 Å². The van der Waals surface area contributed by atoms with Crippen LogP contribution in [0.5, 0.6) is 5.75 Å². The van der Waals surface area contributed by atoms with Crippen LogP contribution in [0.15, 0.2) is 41.5 Å². The molecule has 0 saturated carbocycles. The number of hydrogen-bond donors (Lipinski definition) is 2. The fraction of sp³-hybridized carbons (Fsp3) is 0.133. The van der Waals surface area contributed by atoms with E-state index in [2.05, 4.69) is 10.5 Å². The summed E-state index contributed by atoms with van der Waals surface area (Å²) >= 11 is 0. The Hall–Kier alpha value is -2.89. The molecule has 0 atom stereocenters. The summed E-state index contributed by atoms with van der Waals surface area (Å²) in [5.41, 5.74) is 5.84. The number of phenols is 1. The molecule has 0 amide bonds. The Morgan fingerprint density at radius 1 is 1.24 bits per heavy atom. The normalized spacial score (nSPS) is 10.8. The topological polar surface area (TPSA) is 87.8 Å². The minimum Gasteiger partial charge on any atom is -0.507 e. The highest BCUT2D eigenvalue weighted by atomic mass is 16.6. The molecule has 2 rings (SSSR count). The van der Waals surface area contributed by atoms with E-state index in [0.717, 1.165) is 11.1 Å². The molecule has 0 unspecified atom stereocenters. The Labute approximate surface area is 121 Å². The number of nitrogens with zero attached hydrogens (tertiary/aromatic N) is 2. The maximum Gasteiger partial charge on any atom is 0.269 e. The van der Waals surface area contributed by atoms with E-state index in [9.17, 15) is 15.2 Å². The van der Waals surface area contributed by atoms with E-state index in [1.165, 1.54) is 18.3 Å². The third-order valence-electron chi connectivity index (χ3n) is 2.95. The van der Waals surface area contributed by atoms with Crippen molar-refractivity contribution in [2.45, 2.75) is 13.8 Å². The van der Waals surface area contributed by atoms with Crippen LogP contribution in [0.1, 0.15) is 16.7 Å². The lowest BCUT2D eigenvalue weighted by Gasteiger charge is -2.05. The summed E-state index contributed by atoms with van der Waals surface area (Å²) in [5, 5.41) is 24.5. The molecule has 0 aliphatic rings. The molecule has 21 heavy (non-hydrogen) atoms. The monoisotopic (exact) mass is 285 g/mol. The van der Waals surface area contributed by atoms with Gasteiger partial charge in [-0.2, -0.15) is 5.10 Å². The van der Waals surface area contributed by atoms with Crippen molar-refractivity contribution in [1.82, 2.24) is 0 Å². The first-order valence-corrected chi connectivity index (χ1v) is 6.31. The van der Waals surface area contributed by atoms with Crippen LogP contribution in [0.25, 0.3) is 0 Å². The van der Waals surface area contributed by atoms with Gasteiger partial charge in [-0.25, -0.2) is 0 Å². The second-order valence-electron chi connectivity index (χ2n) is 4.69. The van der Waals surface area contributed by atoms with Crippen molar-refractivity contribution >= 4 is 17.6 Å². The Bertz CT molecular complexity index is 694. The zero-order valence-electron chi connectivity index (χ0n) is 11.7. The van der Waals surface area contributed by atoms with Crippen molar-refractivity contribution in [3.8, 4) is 5.75 Å². The number of nitrogens with one attached hydrogen (secondary N) is 1. The zero-order valence-corrected chi connectivity index (χ0v) is 11.7. The number of non-ortho nitro benzene ring substituents is 1. The van der Waals surface area contributed by atoms with Gasteiger partial charge in [-0.05, 0) is 43.2 Å². The van der Waals surface area contributed by atoms with Crippen LogP contribution in [0.3, 0.4) is 0 Å². The van der Waals surface area contributed by atoms with E-state index >= 15 is 0 Å². The van der Waals surface area contributed by atoms with E-state index in [4.69, 9.17) is 0 Å². The molecule has 0 radical (unpaired) electrons. The van der Waals surface area contributed by atoms with Gasteiger partial charge in [0.05, 0.1) is 16.8 Å². The first-order chi connectivity index (χ1) is 9.97. The third-order valence-corrected chi connectivity index (χ3v) is 2.95. The van der Waals surface area contributed by atoms with Crippen molar-refractivity contribution < 1.29 is 10.0 Å². The minimum atomic E-state index is -0.458. The fourth-order valence-electron chi connectivity index (χ4n) is 1.93. The zero-order chi connectivity index (χ0) is 15.4. The van der Waals surface area contributed by atoms with Gasteiger partial charge in [-0.15, -0.1) is 0 Å². The van der Waals surface area contributed by atoms with Crippen molar-refractivity contribution in [2.24, 2.45) is 5.10 Å². The molecule has 0 aliphatic heterocycles. The highest BCUT2D eigenvalue weighted by Gasteiger charge is 2.04. The van der Waals surface area contributed by atoms with Gasteiger partial charge in [0.2, 0.25) is 0 Å². The molecular weight excluding hydrogens is 270 g/mol. The molecular formula is C15H15N3O3. The number of hydrogen-bond acceptors (Lipinski definition) is 5. The number of nitro benzene ring substituents is 1. The Morgan fingerprint density at radius 2 is 1.90 bits per heavy atom. The molecule has 108 valence electrons. The van der Waals surface area contributed by atoms with Crippen molar-refractivity contribution in [3.63, 3.8) is 0 Å². The Balaban J connectivity index is 2.10. The maximum atomic E-state index is 10.5. The molecule has 2 N–H and O–H groups in total. The average Bonchev–Trinajstić information content (AvgIpc) is 2.44. The summed E-state index contributed by atoms with van der Waals surface area (Å²) in [6, 6.07) is 9.63. The molecule has 6 nitrogen and oxygen atoms in total. The second-order valence-corrected chi connectivity index (χ2v) is 4.69. The fourth-order valence-corrected chi connectivity index (χ4v) is 1.93. The average molecular weight is 285 g/mol. The summed E-state index contributed by atoms with van der Waals surface area (Å²) in [4.78, 5) is 10.1. The summed E-state index contributed by atoms with van der Waals surface area (Å²) in [6.45, 7) is 3.76. The summed E-state index contributed by atoms with van der Waals surface area (Å²) in [6.07, 6.45) is 1.51. The van der Waals surface area contributed by atoms with E-state index in [1.807, 2.05) is 26.0 Å². The van der Waals surface area contributed by atoms with Crippen LogP contribution in [0, 0.1) is 24.0 Å². The molecule has 6 heteroatoms. The molecule has 2 aromatic rings. The molecule has 0 fully saturated rings. The predicted molar refractivity (Wildman–Crippen MR) is 81.9 cm³/mol. The Morgan fingerprint density at radius 3 is 2.52 bits per heavy atom. The standard InChI is InChI=1S/C15H15N3O3/c1-10-7-11(2)15(19)12(8-10)9-16-17-13-3-5-14(6-4-13)18(20)21/h3-9,17,19H,1-2H3. The summed E-state index contributed by atoms with van der Waals surface area (Å²) in [7, 11) is 0. The van der Waals surface area contributed by atoms with E-state index < -0.39 is 4.92 Å². The Kier molecular flexibility index (Phi) is 4.18. The van der Waals surface area contributed by atoms with Crippen LogP contribution >= 0.6 is 0 Å². The van der Waals surface area contributed by atoms with Gasteiger partial charge in [0.15, 0.2) is 0 Å². The quantitative estimate of drug-likeness (QED) is 0.512. The second kappa shape index (κ2) is 6.04. The molecule has 0 aliphatic carbocycles. The number of aromatic hydroxyl groups is 1. The number of benzene rings is 2. The van der Waals surface area contributed by atoms with Gasteiger partial charge in [-0.1, -0.05) is 6.07 Å². The molecule has 0 aromatic heterocycles. The number of phenolic OH excluding ortho intramolecular Hbond substituents is 1. The lowest BCUT2D eigenvalue weighted by molar-refractivity contribution is -0.384. The number of nitro groups is 1. The third kappa shape index (κ3) is 3.56.